The zero-order valence-electron chi connectivity index (χ0n) is 10.5. The molecule has 102 valence electrons. The van der Waals surface area contributed by atoms with Crippen molar-refractivity contribution in [3.8, 4) is 0 Å². The fourth-order valence-electron chi connectivity index (χ4n) is 1.60. The average Bonchev–Trinajstić information content (AvgIpc) is 2.74. The smallest absolute Gasteiger partial charge is 0.263 e. The molecule has 0 aliphatic rings. The molecule has 19 heavy (non-hydrogen) atoms. The number of nitrogens with zero attached hydrogens (tertiary/aromatic N) is 1. The lowest BCUT2D eigenvalue weighted by Crippen LogP contribution is -2.14. The third kappa shape index (κ3) is 3.12. The van der Waals surface area contributed by atoms with E-state index in [1.165, 1.54) is 17.4 Å². The van der Waals surface area contributed by atoms with E-state index in [-0.39, 0.29) is 11.5 Å². The molecule has 0 saturated heterocycles. The minimum Gasteiger partial charge on any atom is -0.392 e. The van der Waals surface area contributed by atoms with E-state index >= 15 is 0 Å². The van der Waals surface area contributed by atoms with E-state index in [0.29, 0.717) is 16.3 Å². The van der Waals surface area contributed by atoms with Crippen LogP contribution in [0.3, 0.4) is 0 Å². The van der Waals surface area contributed by atoms with Gasteiger partial charge in [0.25, 0.3) is 10.0 Å². The minimum atomic E-state index is -3.68. The fourth-order valence-corrected chi connectivity index (χ4v) is 3.84. The van der Waals surface area contributed by atoms with Crippen molar-refractivity contribution in [3.63, 3.8) is 0 Å². The molecule has 0 unspecified atom stereocenters. The van der Waals surface area contributed by atoms with Gasteiger partial charge in [0.15, 0.2) is 5.13 Å². The summed E-state index contributed by atoms with van der Waals surface area (Å²) >= 11 is 1.24. The van der Waals surface area contributed by atoms with Crippen LogP contribution in [0.2, 0.25) is 0 Å². The second kappa shape index (κ2) is 5.28. The number of hydrogen-bond acceptors (Lipinski definition) is 5. The van der Waals surface area contributed by atoms with E-state index in [1.54, 1.807) is 31.4 Å². The Bertz CT molecular complexity index is 693. The van der Waals surface area contributed by atoms with Crippen LogP contribution >= 0.6 is 11.3 Å². The predicted octanol–water partition coefficient (Wildman–Crippen LogP) is 2.05. The normalized spacial score (nSPS) is 11.5. The highest BCUT2D eigenvalue weighted by atomic mass is 32.2. The number of benzene rings is 1. The minimum absolute atomic E-state index is 0.159. The maximum atomic E-state index is 12.3. The van der Waals surface area contributed by atoms with Gasteiger partial charge in [0.1, 0.15) is 0 Å². The van der Waals surface area contributed by atoms with Gasteiger partial charge in [-0.1, -0.05) is 12.1 Å². The summed E-state index contributed by atoms with van der Waals surface area (Å²) in [6.07, 6.45) is 0. The van der Waals surface area contributed by atoms with Crippen LogP contribution in [-0.4, -0.2) is 18.5 Å². The number of rotatable bonds is 4. The van der Waals surface area contributed by atoms with E-state index < -0.39 is 10.0 Å². The van der Waals surface area contributed by atoms with Gasteiger partial charge in [-0.05, 0) is 31.0 Å². The lowest BCUT2D eigenvalue weighted by Gasteiger charge is -2.09. The van der Waals surface area contributed by atoms with Crippen LogP contribution in [0.4, 0.5) is 5.13 Å². The Balaban J connectivity index is 2.39. The molecule has 7 heteroatoms. The Morgan fingerprint density at radius 2 is 2.11 bits per heavy atom. The van der Waals surface area contributed by atoms with Gasteiger partial charge in [0.05, 0.1) is 17.2 Å². The zero-order chi connectivity index (χ0) is 14.0. The second-order valence-electron chi connectivity index (χ2n) is 4.16. The molecule has 2 rings (SSSR count). The van der Waals surface area contributed by atoms with Gasteiger partial charge < -0.3 is 5.11 Å². The largest absolute Gasteiger partial charge is 0.392 e. The van der Waals surface area contributed by atoms with Crippen LogP contribution in [0, 0.1) is 13.8 Å². The van der Waals surface area contributed by atoms with Crippen LogP contribution < -0.4 is 4.72 Å². The summed E-state index contributed by atoms with van der Waals surface area (Å²) in [5, 5.41) is 11.2. The van der Waals surface area contributed by atoms with Crippen molar-refractivity contribution >= 4 is 26.5 Å². The van der Waals surface area contributed by atoms with Crippen molar-refractivity contribution in [2.75, 3.05) is 4.72 Å². The maximum Gasteiger partial charge on any atom is 0.263 e. The van der Waals surface area contributed by atoms with Gasteiger partial charge in [-0.3, -0.25) is 4.72 Å². The van der Waals surface area contributed by atoms with E-state index in [0.717, 1.165) is 5.69 Å². The first kappa shape index (κ1) is 14.0. The van der Waals surface area contributed by atoms with Crippen molar-refractivity contribution in [3.05, 3.63) is 40.4 Å². The molecule has 0 atom stereocenters. The molecule has 0 fully saturated rings. The number of sulfonamides is 1. The van der Waals surface area contributed by atoms with E-state index in [2.05, 4.69) is 9.71 Å². The van der Waals surface area contributed by atoms with Gasteiger partial charge in [-0.2, -0.15) is 0 Å². The molecule has 2 N–H and O–H groups in total. The number of hydrogen-bond donors (Lipinski definition) is 2. The van der Waals surface area contributed by atoms with Crippen LogP contribution in [0.1, 0.15) is 16.8 Å². The molecule has 0 spiro atoms. The number of aryl methyl sites for hydroxylation is 2. The monoisotopic (exact) mass is 298 g/mol. The van der Waals surface area contributed by atoms with E-state index in [9.17, 15) is 8.42 Å². The Morgan fingerprint density at radius 1 is 1.37 bits per heavy atom. The summed E-state index contributed by atoms with van der Waals surface area (Å²) in [6.45, 7) is 3.31. The second-order valence-corrected chi connectivity index (χ2v) is 6.67. The Morgan fingerprint density at radius 3 is 2.68 bits per heavy atom. The highest BCUT2D eigenvalue weighted by Crippen LogP contribution is 2.22. The molecule has 1 aromatic carbocycles. The summed E-state index contributed by atoms with van der Waals surface area (Å²) in [4.78, 5) is 4.23. The number of thiazole rings is 1. The van der Waals surface area contributed by atoms with Gasteiger partial charge in [0, 0.05) is 5.38 Å². The SMILES string of the molecule is Cc1csc(NS(=O)(=O)c2cc(CO)ccc2C)n1. The fraction of sp³-hybridized carbons (Fsp3) is 0.250. The van der Waals surface area contributed by atoms with Gasteiger partial charge in [0.2, 0.25) is 0 Å². The highest BCUT2D eigenvalue weighted by Gasteiger charge is 2.18. The molecule has 0 radical (unpaired) electrons. The Labute approximate surface area is 116 Å². The maximum absolute atomic E-state index is 12.3. The van der Waals surface area contributed by atoms with Crippen molar-refractivity contribution in [2.45, 2.75) is 25.3 Å². The van der Waals surface area contributed by atoms with Crippen molar-refractivity contribution < 1.29 is 13.5 Å². The third-order valence-corrected chi connectivity index (χ3v) is 5.05. The molecular weight excluding hydrogens is 284 g/mol. The number of anilines is 1. The lowest BCUT2D eigenvalue weighted by molar-refractivity contribution is 0.281. The van der Waals surface area contributed by atoms with Crippen molar-refractivity contribution in [2.24, 2.45) is 0 Å². The van der Waals surface area contributed by atoms with Crippen LogP contribution in [0.15, 0.2) is 28.5 Å². The lowest BCUT2D eigenvalue weighted by atomic mass is 10.2. The standard InChI is InChI=1S/C12H14N2O3S2/c1-8-3-4-10(6-15)5-11(8)19(16,17)14-12-13-9(2)7-18-12/h3-5,7,15H,6H2,1-2H3,(H,13,14). The van der Waals surface area contributed by atoms with Crippen LogP contribution in [0.25, 0.3) is 0 Å². The molecule has 2 aromatic rings. The molecular formula is C12H14N2O3S2. The number of aliphatic hydroxyl groups is 1. The summed E-state index contributed by atoms with van der Waals surface area (Å²) < 4.78 is 27.0. The molecule has 0 amide bonds. The van der Waals surface area contributed by atoms with Gasteiger partial charge in [-0.15, -0.1) is 11.3 Å². The number of nitrogens with one attached hydrogen (secondary N) is 1. The summed E-state index contributed by atoms with van der Waals surface area (Å²) in [6, 6.07) is 4.84. The number of aromatic nitrogens is 1. The molecule has 5 nitrogen and oxygen atoms in total. The Hall–Kier alpha value is -1.44. The quantitative estimate of drug-likeness (QED) is 0.905. The van der Waals surface area contributed by atoms with Crippen molar-refractivity contribution in [1.29, 1.82) is 0 Å². The molecule has 0 aliphatic carbocycles. The molecule has 0 aliphatic heterocycles. The molecule has 1 aromatic heterocycles. The Kier molecular flexibility index (Phi) is 3.88. The van der Waals surface area contributed by atoms with Crippen molar-refractivity contribution in [1.82, 2.24) is 4.98 Å². The molecule has 0 bridgehead atoms. The van der Waals surface area contributed by atoms with Gasteiger partial charge >= 0.3 is 0 Å². The van der Waals surface area contributed by atoms with Gasteiger partial charge in [-0.25, -0.2) is 13.4 Å². The zero-order valence-corrected chi connectivity index (χ0v) is 12.2. The predicted molar refractivity (Wildman–Crippen MR) is 74.8 cm³/mol. The highest BCUT2D eigenvalue weighted by molar-refractivity contribution is 7.93. The topological polar surface area (TPSA) is 79.3 Å². The summed E-state index contributed by atoms with van der Waals surface area (Å²) in [7, 11) is -3.68. The first-order chi connectivity index (χ1) is 8.92. The van der Waals surface area contributed by atoms with E-state index in [4.69, 9.17) is 5.11 Å². The summed E-state index contributed by atoms with van der Waals surface area (Å²) in [5.74, 6) is 0. The molecule has 0 saturated carbocycles. The third-order valence-electron chi connectivity index (χ3n) is 2.57. The summed E-state index contributed by atoms with van der Waals surface area (Å²) in [5.41, 5.74) is 1.95. The molecule has 1 heterocycles. The van der Waals surface area contributed by atoms with Crippen LogP contribution in [-0.2, 0) is 16.6 Å². The van der Waals surface area contributed by atoms with E-state index in [1.807, 2.05) is 0 Å². The van der Waals surface area contributed by atoms with Crippen LogP contribution in [0.5, 0.6) is 0 Å². The average molecular weight is 298 g/mol. The first-order valence-corrected chi connectivity index (χ1v) is 7.94. The first-order valence-electron chi connectivity index (χ1n) is 5.58. The number of aliphatic hydroxyl groups excluding tert-OH is 1.